The molecule has 1 aromatic heterocycles. The zero-order chi connectivity index (χ0) is 13.7. The number of thiophene rings is 1. The molecule has 2 rings (SSSR count). The van der Waals surface area contributed by atoms with Crippen LogP contribution in [0.25, 0.3) is 0 Å². The first-order valence-corrected chi connectivity index (χ1v) is 7.69. The van der Waals surface area contributed by atoms with Gasteiger partial charge in [0.05, 0.1) is 11.5 Å². The van der Waals surface area contributed by atoms with Crippen molar-refractivity contribution in [3.63, 3.8) is 0 Å². The monoisotopic (exact) mass is 341 g/mol. The normalized spacial score (nSPS) is 10.4. The van der Waals surface area contributed by atoms with Crippen molar-refractivity contribution in [1.82, 2.24) is 0 Å². The van der Waals surface area contributed by atoms with Gasteiger partial charge in [-0.3, -0.25) is 10.1 Å². The Labute approximate surface area is 123 Å². The molecular formula is C13H12BrNO3S. The van der Waals surface area contributed by atoms with Crippen LogP contribution in [-0.4, -0.2) is 11.5 Å². The van der Waals surface area contributed by atoms with Crippen molar-refractivity contribution >= 4 is 33.0 Å². The molecule has 0 aliphatic carbocycles. The summed E-state index contributed by atoms with van der Waals surface area (Å²) in [6.07, 6.45) is 0.759. The van der Waals surface area contributed by atoms with E-state index in [-0.39, 0.29) is 5.69 Å². The van der Waals surface area contributed by atoms with Crippen LogP contribution in [0.4, 0.5) is 5.69 Å². The maximum atomic E-state index is 11.0. The van der Waals surface area contributed by atoms with Gasteiger partial charge < -0.3 is 4.74 Å². The van der Waals surface area contributed by atoms with E-state index >= 15 is 0 Å². The second-order valence-corrected chi connectivity index (χ2v) is 5.46. The third-order valence-corrected chi connectivity index (χ3v) is 4.14. The molecule has 2 aromatic rings. The Kier molecular flexibility index (Phi) is 4.93. The first-order chi connectivity index (χ1) is 9.20. The van der Waals surface area contributed by atoms with E-state index in [9.17, 15) is 10.1 Å². The van der Waals surface area contributed by atoms with Crippen molar-refractivity contribution in [3.8, 4) is 5.75 Å². The van der Waals surface area contributed by atoms with Crippen LogP contribution in [0.5, 0.6) is 5.75 Å². The van der Waals surface area contributed by atoms with E-state index in [1.165, 1.54) is 10.9 Å². The molecule has 0 saturated heterocycles. The van der Waals surface area contributed by atoms with E-state index in [1.54, 1.807) is 17.4 Å². The molecule has 0 aliphatic heterocycles. The maximum Gasteiger partial charge on any atom is 0.311 e. The molecule has 0 spiro atoms. The summed E-state index contributed by atoms with van der Waals surface area (Å²) in [6, 6.07) is 9.02. The van der Waals surface area contributed by atoms with Crippen LogP contribution in [0.3, 0.4) is 0 Å². The molecular weight excluding hydrogens is 330 g/mol. The molecule has 0 bridgehead atoms. The van der Waals surface area contributed by atoms with E-state index in [4.69, 9.17) is 4.74 Å². The van der Waals surface area contributed by atoms with Gasteiger partial charge in [0, 0.05) is 22.7 Å². The summed E-state index contributed by atoms with van der Waals surface area (Å²) in [7, 11) is 0. The van der Waals surface area contributed by atoms with Gasteiger partial charge in [-0.25, -0.2) is 0 Å². The molecule has 0 fully saturated rings. The van der Waals surface area contributed by atoms with E-state index in [2.05, 4.69) is 15.9 Å². The van der Waals surface area contributed by atoms with Gasteiger partial charge in [-0.15, -0.1) is 11.3 Å². The molecule has 0 unspecified atom stereocenters. The Bertz CT molecular complexity index is 557. The predicted molar refractivity (Wildman–Crippen MR) is 79.2 cm³/mol. The van der Waals surface area contributed by atoms with Crippen molar-refractivity contribution in [2.24, 2.45) is 0 Å². The summed E-state index contributed by atoms with van der Waals surface area (Å²) >= 11 is 4.94. The Morgan fingerprint density at radius 2 is 2.21 bits per heavy atom. The van der Waals surface area contributed by atoms with Gasteiger partial charge >= 0.3 is 5.69 Å². The van der Waals surface area contributed by atoms with E-state index in [1.807, 2.05) is 23.6 Å². The molecule has 1 heterocycles. The summed E-state index contributed by atoms with van der Waals surface area (Å²) in [5, 5.41) is 13.6. The highest BCUT2D eigenvalue weighted by molar-refractivity contribution is 9.08. The smallest absolute Gasteiger partial charge is 0.311 e. The minimum atomic E-state index is -0.410. The number of benzene rings is 1. The molecule has 0 aliphatic rings. The van der Waals surface area contributed by atoms with Crippen molar-refractivity contribution in [3.05, 3.63) is 56.3 Å². The first-order valence-electron chi connectivity index (χ1n) is 5.69. The van der Waals surface area contributed by atoms with E-state index in [0.717, 1.165) is 12.0 Å². The predicted octanol–water partition coefficient (Wildman–Crippen LogP) is 4.17. The lowest BCUT2D eigenvalue weighted by molar-refractivity contribution is -0.385. The van der Waals surface area contributed by atoms with Gasteiger partial charge in [-0.05, 0) is 23.1 Å². The quantitative estimate of drug-likeness (QED) is 0.450. The first kappa shape index (κ1) is 14.0. The Balaban J connectivity index is 2.04. The molecule has 0 radical (unpaired) electrons. The lowest BCUT2D eigenvalue weighted by Gasteiger charge is -2.07. The van der Waals surface area contributed by atoms with Crippen molar-refractivity contribution < 1.29 is 9.66 Å². The van der Waals surface area contributed by atoms with Crippen molar-refractivity contribution in [2.45, 2.75) is 11.8 Å². The molecule has 4 nitrogen and oxygen atoms in total. The standard InChI is InChI=1S/C13H12BrNO3S/c14-9-10-3-4-13(12(8-10)15(16)17)18-6-5-11-2-1-7-19-11/h1-4,7-8H,5-6,9H2. The van der Waals surface area contributed by atoms with Gasteiger partial charge in [-0.2, -0.15) is 0 Å². The van der Waals surface area contributed by atoms with Gasteiger partial charge in [0.2, 0.25) is 0 Å². The van der Waals surface area contributed by atoms with Crippen molar-refractivity contribution in [2.75, 3.05) is 6.61 Å². The second kappa shape index (κ2) is 6.68. The molecule has 6 heteroatoms. The summed E-state index contributed by atoms with van der Waals surface area (Å²) in [5.41, 5.74) is 0.875. The lowest BCUT2D eigenvalue weighted by Crippen LogP contribution is -2.03. The Morgan fingerprint density at radius 3 is 2.84 bits per heavy atom. The van der Waals surface area contributed by atoms with Gasteiger partial charge in [-0.1, -0.05) is 28.1 Å². The zero-order valence-corrected chi connectivity index (χ0v) is 12.4. The maximum absolute atomic E-state index is 11.0. The van der Waals surface area contributed by atoms with Crippen LogP contribution in [0.15, 0.2) is 35.7 Å². The van der Waals surface area contributed by atoms with Gasteiger partial charge in [0.25, 0.3) is 0 Å². The zero-order valence-electron chi connectivity index (χ0n) is 10.0. The number of hydrogen-bond donors (Lipinski definition) is 0. The molecule has 19 heavy (non-hydrogen) atoms. The summed E-state index contributed by atoms with van der Waals surface area (Å²) in [6.45, 7) is 0.439. The number of nitro benzene ring substituents is 1. The number of ether oxygens (including phenoxy) is 1. The number of rotatable bonds is 6. The highest BCUT2D eigenvalue weighted by Crippen LogP contribution is 2.29. The van der Waals surface area contributed by atoms with Crippen LogP contribution < -0.4 is 4.74 Å². The number of nitro groups is 1. The molecule has 100 valence electrons. The Morgan fingerprint density at radius 1 is 1.37 bits per heavy atom. The van der Waals surface area contributed by atoms with Crippen LogP contribution in [0.1, 0.15) is 10.4 Å². The fraction of sp³-hybridized carbons (Fsp3) is 0.231. The van der Waals surface area contributed by atoms with Gasteiger partial charge in [0.15, 0.2) is 5.75 Å². The topological polar surface area (TPSA) is 52.4 Å². The largest absolute Gasteiger partial charge is 0.486 e. The van der Waals surface area contributed by atoms with E-state index < -0.39 is 4.92 Å². The molecule has 0 saturated carbocycles. The second-order valence-electron chi connectivity index (χ2n) is 3.87. The fourth-order valence-electron chi connectivity index (χ4n) is 1.63. The summed E-state index contributed by atoms with van der Waals surface area (Å²) in [4.78, 5) is 11.8. The lowest BCUT2D eigenvalue weighted by atomic mass is 10.2. The minimum Gasteiger partial charge on any atom is -0.486 e. The number of nitrogens with zero attached hydrogens (tertiary/aromatic N) is 1. The van der Waals surface area contributed by atoms with Gasteiger partial charge in [0.1, 0.15) is 0 Å². The van der Waals surface area contributed by atoms with Crippen LogP contribution >= 0.6 is 27.3 Å². The average molecular weight is 342 g/mol. The Hall–Kier alpha value is -1.40. The molecule has 1 aromatic carbocycles. The molecule has 0 atom stereocenters. The highest BCUT2D eigenvalue weighted by atomic mass is 79.9. The number of halogens is 1. The van der Waals surface area contributed by atoms with Crippen LogP contribution in [-0.2, 0) is 11.8 Å². The SMILES string of the molecule is O=[N+]([O-])c1cc(CBr)ccc1OCCc1cccs1. The number of alkyl halides is 1. The third kappa shape index (κ3) is 3.78. The third-order valence-electron chi connectivity index (χ3n) is 2.56. The van der Waals surface area contributed by atoms with Crippen molar-refractivity contribution in [1.29, 1.82) is 0 Å². The average Bonchev–Trinajstić information content (AvgIpc) is 2.92. The summed E-state index contributed by atoms with van der Waals surface area (Å²) in [5.74, 6) is 0.325. The highest BCUT2D eigenvalue weighted by Gasteiger charge is 2.15. The fourth-order valence-corrected chi connectivity index (χ4v) is 2.67. The molecule has 0 amide bonds. The van der Waals surface area contributed by atoms with Crippen LogP contribution in [0.2, 0.25) is 0 Å². The molecule has 0 N–H and O–H groups in total. The minimum absolute atomic E-state index is 0.0168. The summed E-state index contributed by atoms with van der Waals surface area (Å²) < 4.78 is 5.52. The number of hydrogen-bond acceptors (Lipinski definition) is 4. The van der Waals surface area contributed by atoms with Crippen LogP contribution in [0, 0.1) is 10.1 Å². The van der Waals surface area contributed by atoms with E-state index in [0.29, 0.717) is 17.7 Å².